The maximum atomic E-state index is 12.5. The Balaban J connectivity index is 3.31. The van der Waals surface area contributed by atoms with Crippen LogP contribution in [0.2, 0.25) is 0 Å². The monoisotopic (exact) mass is 1100 g/mol. The number of hydrogen-bond acceptors (Lipinski definition) is 5. The second kappa shape index (κ2) is 67.8. The highest BCUT2D eigenvalue weighted by Crippen LogP contribution is 2.19. The number of aliphatic hydroxyl groups excluding tert-OH is 2. The second-order valence-electron chi connectivity index (χ2n) is 24.6. The minimum atomic E-state index is -0.660. The largest absolute Gasteiger partial charge is 0.466 e. The van der Waals surface area contributed by atoms with Gasteiger partial charge in [-0.1, -0.05) is 353 Å². The summed E-state index contributed by atoms with van der Waals surface area (Å²) in [6.07, 6.45) is 85.2. The Morgan fingerprint density at radius 1 is 0.359 bits per heavy atom. The van der Waals surface area contributed by atoms with E-state index < -0.39 is 12.1 Å². The lowest BCUT2D eigenvalue weighted by atomic mass is 10.0. The summed E-state index contributed by atoms with van der Waals surface area (Å²) < 4.78 is 5.49. The molecule has 0 aliphatic rings. The molecule has 0 aliphatic carbocycles. The van der Waals surface area contributed by atoms with Gasteiger partial charge in [0.2, 0.25) is 5.91 Å². The number of unbranched alkanes of at least 4 members (excludes halogenated alkanes) is 52. The zero-order valence-corrected chi connectivity index (χ0v) is 52.9. The second-order valence-corrected chi connectivity index (χ2v) is 24.6. The SMILES string of the molecule is CCCCCC/C=C\C/C=C\CCCCCCCC(=O)OCCCCCCCCCCCCCCCCCCCCCCCCCCCCCCCCCCC(=O)NC(CO)C(O)CCCCCCCCCCCCCCC. The molecule has 0 saturated carbocycles. The molecule has 0 saturated heterocycles. The zero-order chi connectivity index (χ0) is 56.4. The fourth-order valence-electron chi connectivity index (χ4n) is 11.3. The van der Waals surface area contributed by atoms with Crippen LogP contribution in [0.4, 0.5) is 0 Å². The van der Waals surface area contributed by atoms with Gasteiger partial charge in [0.25, 0.3) is 0 Å². The number of ether oxygens (including phenoxy) is 1. The number of esters is 1. The molecule has 0 spiro atoms. The van der Waals surface area contributed by atoms with E-state index >= 15 is 0 Å². The van der Waals surface area contributed by atoms with Crippen molar-refractivity contribution in [2.24, 2.45) is 0 Å². The van der Waals surface area contributed by atoms with Gasteiger partial charge in [0.1, 0.15) is 0 Å². The quantitative estimate of drug-likeness (QED) is 0.0320. The summed E-state index contributed by atoms with van der Waals surface area (Å²) in [4.78, 5) is 24.6. The van der Waals surface area contributed by atoms with Gasteiger partial charge in [0.15, 0.2) is 0 Å². The van der Waals surface area contributed by atoms with Gasteiger partial charge in [-0.15, -0.1) is 0 Å². The Hall–Kier alpha value is -1.66. The molecule has 0 bridgehead atoms. The third kappa shape index (κ3) is 63.5. The molecular weight excluding hydrogens is 959 g/mol. The minimum Gasteiger partial charge on any atom is -0.466 e. The van der Waals surface area contributed by atoms with Gasteiger partial charge < -0.3 is 20.3 Å². The van der Waals surface area contributed by atoms with Gasteiger partial charge in [0.05, 0.1) is 25.4 Å². The Bertz CT molecular complexity index is 1220. The lowest BCUT2D eigenvalue weighted by molar-refractivity contribution is -0.143. The topological polar surface area (TPSA) is 95.9 Å². The predicted octanol–water partition coefficient (Wildman–Crippen LogP) is 22.9. The first-order chi connectivity index (χ1) is 38.5. The molecule has 0 fully saturated rings. The van der Waals surface area contributed by atoms with Crippen LogP contribution in [0.25, 0.3) is 0 Å². The van der Waals surface area contributed by atoms with Crippen LogP contribution in [0.15, 0.2) is 24.3 Å². The highest BCUT2D eigenvalue weighted by atomic mass is 16.5. The molecule has 1 amide bonds. The first-order valence-corrected chi connectivity index (χ1v) is 35.6. The molecule has 0 aromatic rings. The zero-order valence-electron chi connectivity index (χ0n) is 52.9. The van der Waals surface area contributed by atoms with E-state index in [1.165, 1.54) is 315 Å². The van der Waals surface area contributed by atoms with Gasteiger partial charge >= 0.3 is 5.97 Å². The minimum absolute atomic E-state index is 0.00826. The molecule has 2 atom stereocenters. The van der Waals surface area contributed by atoms with E-state index in [2.05, 4.69) is 43.5 Å². The normalized spacial score (nSPS) is 12.6. The Labute approximate surface area is 488 Å². The molecule has 0 radical (unpaired) electrons. The van der Waals surface area contributed by atoms with Crippen LogP contribution < -0.4 is 5.32 Å². The number of allylic oxidation sites excluding steroid dienone is 4. The summed E-state index contributed by atoms with van der Waals surface area (Å²) in [6, 6.07) is -0.537. The predicted molar refractivity (Wildman–Crippen MR) is 343 cm³/mol. The Kier molecular flexibility index (Phi) is 66.4. The number of nitrogens with one attached hydrogen (secondary N) is 1. The smallest absolute Gasteiger partial charge is 0.305 e. The van der Waals surface area contributed by atoms with Crippen LogP contribution in [0.5, 0.6) is 0 Å². The molecular formula is C72H139NO5. The van der Waals surface area contributed by atoms with E-state index in [1.807, 2.05) is 0 Å². The molecule has 0 rings (SSSR count). The van der Waals surface area contributed by atoms with Gasteiger partial charge in [-0.05, 0) is 57.8 Å². The number of hydrogen-bond donors (Lipinski definition) is 3. The van der Waals surface area contributed by atoms with Gasteiger partial charge in [-0.2, -0.15) is 0 Å². The van der Waals surface area contributed by atoms with Crippen LogP contribution in [-0.4, -0.2) is 47.4 Å². The van der Waals surface area contributed by atoms with E-state index in [0.717, 1.165) is 51.4 Å². The summed E-state index contributed by atoms with van der Waals surface area (Å²) in [5.74, 6) is -0.0201. The molecule has 6 nitrogen and oxygen atoms in total. The number of amides is 1. The van der Waals surface area contributed by atoms with Gasteiger partial charge in [0, 0.05) is 12.8 Å². The highest BCUT2D eigenvalue weighted by Gasteiger charge is 2.20. The van der Waals surface area contributed by atoms with Crippen molar-refractivity contribution in [3.8, 4) is 0 Å². The summed E-state index contributed by atoms with van der Waals surface area (Å²) in [5.41, 5.74) is 0. The molecule has 2 unspecified atom stereocenters. The molecule has 3 N–H and O–H groups in total. The van der Waals surface area contributed by atoms with E-state index in [9.17, 15) is 19.8 Å². The van der Waals surface area contributed by atoms with Crippen molar-refractivity contribution < 1.29 is 24.5 Å². The average molecular weight is 1100 g/mol. The summed E-state index contributed by atoms with van der Waals surface area (Å²) in [7, 11) is 0. The molecule has 0 aromatic heterocycles. The third-order valence-electron chi connectivity index (χ3n) is 16.8. The fourth-order valence-corrected chi connectivity index (χ4v) is 11.3. The first-order valence-electron chi connectivity index (χ1n) is 35.6. The maximum Gasteiger partial charge on any atom is 0.305 e. The van der Waals surface area contributed by atoms with Gasteiger partial charge in [-0.25, -0.2) is 0 Å². The summed E-state index contributed by atoms with van der Waals surface area (Å²) in [5, 5.41) is 23.3. The molecule has 78 heavy (non-hydrogen) atoms. The van der Waals surface area contributed by atoms with Crippen LogP contribution >= 0.6 is 0 Å². The van der Waals surface area contributed by atoms with E-state index in [1.54, 1.807) is 0 Å². The number of carbonyl (C=O) groups excluding carboxylic acids is 2. The van der Waals surface area contributed by atoms with Crippen molar-refractivity contribution >= 4 is 11.9 Å². The molecule has 462 valence electrons. The summed E-state index contributed by atoms with van der Waals surface area (Å²) >= 11 is 0. The van der Waals surface area contributed by atoms with Crippen LogP contribution in [0.1, 0.15) is 399 Å². The van der Waals surface area contributed by atoms with Crippen molar-refractivity contribution in [3.05, 3.63) is 24.3 Å². The Morgan fingerprint density at radius 2 is 0.641 bits per heavy atom. The standard InChI is InChI=1S/C72H139NO5/c1-3-5-7-9-11-13-15-17-18-38-42-46-50-54-58-62-66-72(77)78-67-63-59-55-51-47-43-39-36-34-32-30-28-26-24-22-20-19-21-23-25-27-29-31-33-35-37-41-45-49-53-57-61-65-71(76)73-69(68-74)70(75)64-60-56-52-48-44-40-16-14-12-10-8-6-4-2/h13,15,18,38,69-70,74-75H,3-12,14,16-17,19-37,39-68H2,1-2H3,(H,73,76)/b15-13-,38-18-. The van der Waals surface area contributed by atoms with E-state index in [-0.39, 0.29) is 18.5 Å². The van der Waals surface area contributed by atoms with Crippen molar-refractivity contribution in [1.29, 1.82) is 0 Å². The van der Waals surface area contributed by atoms with Crippen molar-refractivity contribution in [1.82, 2.24) is 5.32 Å². The Morgan fingerprint density at radius 3 is 0.987 bits per heavy atom. The van der Waals surface area contributed by atoms with Gasteiger partial charge in [-0.3, -0.25) is 9.59 Å². The molecule has 6 heteroatoms. The highest BCUT2D eigenvalue weighted by molar-refractivity contribution is 5.76. The van der Waals surface area contributed by atoms with Crippen LogP contribution in [0, 0.1) is 0 Å². The molecule has 0 aromatic carbocycles. The van der Waals surface area contributed by atoms with Crippen LogP contribution in [-0.2, 0) is 14.3 Å². The van der Waals surface area contributed by atoms with E-state index in [4.69, 9.17) is 4.74 Å². The lowest BCUT2D eigenvalue weighted by Crippen LogP contribution is -2.45. The molecule has 0 aliphatic heterocycles. The number of rotatable bonds is 67. The number of carbonyl (C=O) groups is 2. The summed E-state index contributed by atoms with van der Waals surface area (Å²) in [6.45, 7) is 4.96. The van der Waals surface area contributed by atoms with Crippen molar-refractivity contribution in [2.45, 2.75) is 411 Å². The van der Waals surface area contributed by atoms with Crippen molar-refractivity contribution in [3.63, 3.8) is 0 Å². The molecule has 0 heterocycles. The third-order valence-corrected chi connectivity index (χ3v) is 16.8. The first kappa shape index (κ1) is 76.3. The van der Waals surface area contributed by atoms with Crippen LogP contribution in [0.3, 0.4) is 0 Å². The average Bonchev–Trinajstić information content (AvgIpc) is 3.44. The fraction of sp³-hybridized carbons (Fsp3) is 0.917. The maximum absolute atomic E-state index is 12.5. The van der Waals surface area contributed by atoms with E-state index in [0.29, 0.717) is 25.9 Å². The number of aliphatic hydroxyl groups is 2. The lowest BCUT2D eigenvalue weighted by Gasteiger charge is -2.22. The van der Waals surface area contributed by atoms with Crippen molar-refractivity contribution in [2.75, 3.05) is 13.2 Å².